The van der Waals surface area contributed by atoms with Crippen LogP contribution in [-0.2, 0) is 13.0 Å². The Bertz CT molecular complexity index is 1540. The third-order valence-corrected chi connectivity index (χ3v) is 7.74. The summed E-state index contributed by atoms with van der Waals surface area (Å²) in [5.41, 5.74) is 8.70. The second-order valence-electron chi connectivity index (χ2n) is 10.1. The molecule has 188 valence electrons. The molecule has 2 aliphatic rings. The summed E-state index contributed by atoms with van der Waals surface area (Å²) >= 11 is 0. The number of aromatic amines is 1. The first-order chi connectivity index (χ1) is 17.9. The number of aryl methyl sites for hydroxylation is 2. The number of hydrogen-bond acceptors (Lipinski definition) is 4. The molecule has 0 radical (unpaired) electrons. The van der Waals surface area contributed by atoms with Gasteiger partial charge < -0.3 is 19.9 Å². The minimum atomic E-state index is -0.899. The molecule has 1 atom stereocenters. The molecule has 1 fully saturated rings. The van der Waals surface area contributed by atoms with Crippen molar-refractivity contribution in [1.29, 1.82) is 0 Å². The summed E-state index contributed by atoms with van der Waals surface area (Å²) < 4.78 is 0. The first-order valence-electron chi connectivity index (χ1n) is 12.7. The van der Waals surface area contributed by atoms with Crippen molar-refractivity contribution < 1.29 is 14.7 Å². The van der Waals surface area contributed by atoms with Gasteiger partial charge in [0.15, 0.2) is 0 Å². The molecule has 8 nitrogen and oxygen atoms in total. The van der Waals surface area contributed by atoms with E-state index in [2.05, 4.69) is 40.1 Å². The number of fused-ring (bicyclic) bond motifs is 2. The van der Waals surface area contributed by atoms with Crippen molar-refractivity contribution in [1.82, 2.24) is 24.8 Å². The Balaban J connectivity index is 1.44. The Morgan fingerprint density at radius 2 is 1.95 bits per heavy atom. The topological polar surface area (TPSA) is 102 Å². The number of H-pyrrole nitrogens is 1. The molecule has 2 N–H and O–H groups in total. The SMILES string of the molecule is Cc1cc(C(=O)N2CCc3cc(-c4cnc5[nH]cc(C)c5c4)cc([C@@H]4CCCN4C(=O)O)c3C2)ccn1. The summed E-state index contributed by atoms with van der Waals surface area (Å²) in [6.45, 7) is 5.53. The maximum Gasteiger partial charge on any atom is 0.407 e. The van der Waals surface area contributed by atoms with Crippen molar-refractivity contribution in [3.63, 3.8) is 0 Å². The van der Waals surface area contributed by atoms with E-state index in [0.717, 1.165) is 57.4 Å². The lowest BCUT2D eigenvalue weighted by Gasteiger charge is -2.34. The van der Waals surface area contributed by atoms with Crippen LogP contribution in [0, 0.1) is 13.8 Å². The van der Waals surface area contributed by atoms with Gasteiger partial charge in [-0.25, -0.2) is 9.78 Å². The monoisotopic (exact) mass is 495 g/mol. The number of aromatic nitrogens is 3. The van der Waals surface area contributed by atoms with Crippen LogP contribution in [0.15, 0.2) is 48.9 Å². The summed E-state index contributed by atoms with van der Waals surface area (Å²) in [5.74, 6) is -0.0229. The number of carbonyl (C=O) groups excluding carboxylic acids is 1. The van der Waals surface area contributed by atoms with Crippen LogP contribution in [0.4, 0.5) is 4.79 Å². The van der Waals surface area contributed by atoms with Crippen LogP contribution in [0.2, 0.25) is 0 Å². The van der Waals surface area contributed by atoms with Gasteiger partial charge in [0, 0.05) is 60.4 Å². The van der Waals surface area contributed by atoms with Gasteiger partial charge in [-0.05, 0) is 85.2 Å². The fourth-order valence-electron chi connectivity index (χ4n) is 5.81. The molecular weight excluding hydrogens is 466 g/mol. The highest BCUT2D eigenvalue weighted by molar-refractivity contribution is 5.94. The Kier molecular flexibility index (Phi) is 5.67. The highest BCUT2D eigenvalue weighted by Gasteiger charge is 2.34. The molecule has 4 aromatic rings. The lowest BCUT2D eigenvalue weighted by Crippen LogP contribution is -2.37. The van der Waals surface area contributed by atoms with Gasteiger partial charge in [0.25, 0.3) is 5.91 Å². The lowest BCUT2D eigenvalue weighted by molar-refractivity contribution is 0.0732. The van der Waals surface area contributed by atoms with Crippen molar-refractivity contribution in [2.24, 2.45) is 0 Å². The van der Waals surface area contributed by atoms with E-state index in [9.17, 15) is 14.7 Å². The highest BCUT2D eigenvalue weighted by Crippen LogP contribution is 2.40. The molecule has 2 amide bonds. The number of nitrogens with one attached hydrogen (secondary N) is 1. The molecule has 6 rings (SSSR count). The molecule has 0 bridgehead atoms. The highest BCUT2D eigenvalue weighted by atomic mass is 16.4. The third kappa shape index (κ3) is 4.12. The van der Waals surface area contributed by atoms with Gasteiger partial charge >= 0.3 is 6.09 Å². The van der Waals surface area contributed by atoms with Crippen molar-refractivity contribution in [2.45, 2.75) is 45.7 Å². The smallest absolute Gasteiger partial charge is 0.407 e. The summed E-state index contributed by atoms with van der Waals surface area (Å²) in [4.78, 5) is 40.9. The number of pyridine rings is 2. The number of rotatable bonds is 3. The standard InChI is InChI=1S/C29H29N5O3/c1-17-14-31-27-23(17)13-22(15-32-27)21-11-19-6-9-33(28(35)20-5-7-30-18(2)10-20)16-25(19)24(12-21)26-4-3-8-34(26)29(36)37/h5,7,10-15,26H,3-4,6,8-9,16H2,1-2H3,(H,31,32)(H,36,37)/t26-/m0/s1. The Morgan fingerprint density at radius 1 is 1.08 bits per heavy atom. The number of carbonyl (C=O) groups is 2. The second-order valence-corrected chi connectivity index (χ2v) is 10.1. The van der Waals surface area contributed by atoms with E-state index >= 15 is 0 Å². The van der Waals surface area contributed by atoms with Crippen molar-refractivity contribution >= 4 is 23.0 Å². The Morgan fingerprint density at radius 3 is 2.76 bits per heavy atom. The molecule has 0 unspecified atom stereocenters. The largest absolute Gasteiger partial charge is 0.465 e. The number of carboxylic acid groups (broad SMARTS) is 1. The zero-order valence-electron chi connectivity index (χ0n) is 21.0. The van der Waals surface area contributed by atoms with Crippen LogP contribution in [0.1, 0.15) is 57.2 Å². The van der Waals surface area contributed by atoms with E-state index in [1.54, 1.807) is 17.2 Å². The summed E-state index contributed by atoms with van der Waals surface area (Å²) in [6.07, 6.45) is 6.90. The predicted octanol–water partition coefficient (Wildman–Crippen LogP) is 5.26. The molecule has 2 aliphatic heterocycles. The van der Waals surface area contributed by atoms with Crippen molar-refractivity contribution in [3.05, 3.63) is 82.4 Å². The molecule has 1 aromatic carbocycles. The number of amides is 2. The summed E-state index contributed by atoms with van der Waals surface area (Å²) in [5, 5.41) is 11.0. The zero-order chi connectivity index (χ0) is 25.7. The molecule has 3 aromatic heterocycles. The minimum Gasteiger partial charge on any atom is -0.465 e. The van der Waals surface area contributed by atoms with Crippen molar-refractivity contribution in [2.75, 3.05) is 13.1 Å². The first kappa shape index (κ1) is 23.2. The normalized spacial score (nSPS) is 17.3. The van der Waals surface area contributed by atoms with E-state index in [0.29, 0.717) is 31.6 Å². The molecule has 1 saturated heterocycles. The quantitative estimate of drug-likeness (QED) is 0.404. The number of nitrogens with zero attached hydrogens (tertiary/aromatic N) is 4. The zero-order valence-corrected chi connectivity index (χ0v) is 21.0. The molecule has 8 heteroatoms. The Hall–Kier alpha value is -4.20. The van der Waals surface area contributed by atoms with Crippen LogP contribution in [0.3, 0.4) is 0 Å². The van der Waals surface area contributed by atoms with Gasteiger partial charge in [-0.15, -0.1) is 0 Å². The van der Waals surface area contributed by atoms with E-state index in [1.807, 2.05) is 30.3 Å². The molecular formula is C29H29N5O3. The molecule has 5 heterocycles. The average molecular weight is 496 g/mol. The molecule has 0 aliphatic carbocycles. The van der Waals surface area contributed by atoms with Gasteiger partial charge in [-0.2, -0.15) is 0 Å². The van der Waals surface area contributed by atoms with E-state index in [4.69, 9.17) is 0 Å². The average Bonchev–Trinajstić information content (AvgIpc) is 3.54. The van der Waals surface area contributed by atoms with E-state index < -0.39 is 6.09 Å². The fourth-order valence-corrected chi connectivity index (χ4v) is 5.81. The number of benzene rings is 1. The van der Waals surface area contributed by atoms with Gasteiger partial charge in [0.05, 0.1) is 6.04 Å². The van der Waals surface area contributed by atoms with Gasteiger partial charge in [-0.1, -0.05) is 6.07 Å². The van der Waals surface area contributed by atoms with E-state index in [1.165, 1.54) is 5.56 Å². The van der Waals surface area contributed by atoms with Crippen LogP contribution in [0.25, 0.3) is 22.2 Å². The molecule has 0 saturated carbocycles. The van der Waals surface area contributed by atoms with Gasteiger partial charge in [-0.3, -0.25) is 9.78 Å². The third-order valence-electron chi connectivity index (χ3n) is 7.74. The summed E-state index contributed by atoms with van der Waals surface area (Å²) in [6, 6.07) is 9.81. The van der Waals surface area contributed by atoms with Gasteiger partial charge in [0.2, 0.25) is 0 Å². The maximum atomic E-state index is 13.4. The lowest BCUT2D eigenvalue weighted by atomic mass is 9.86. The maximum absolute atomic E-state index is 13.4. The first-order valence-corrected chi connectivity index (χ1v) is 12.7. The van der Waals surface area contributed by atoms with Crippen LogP contribution >= 0.6 is 0 Å². The number of hydrogen-bond donors (Lipinski definition) is 2. The second kappa shape index (κ2) is 9.03. The number of likely N-dealkylation sites (tertiary alicyclic amines) is 1. The molecule has 37 heavy (non-hydrogen) atoms. The van der Waals surface area contributed by atoms with E-state index in [-0.39, 0.29) is 11.9 Å². The minimum absolute atomic E-state index is 0.0229. The van der Waals surface area contributed by atoms with Crippen LogP contribution < -0.4 is 0 Å². The van der Waals surface area contributed by atoms with Crippen LogP contribution in [0.5, 0.6) is 0 Å². The Labute approximate surface area is 215 Å². The summed E-state index contributed by atoms with van der Waals surface area (Å²) in [7, 11) is 0. The van der Waals surface area contributed by atoms with Crippen molar-refractivity contribution in [3.8, 4) is 11.1 Å². The van der Waals surface area contributed by atoms with Gasteiger partial charge in [0.1, 0.15) is 5.65 Å². The molecule has 0 spiro atoms. The fraction of sp³-hybridized carbons (Fsp3) is 0.310. The predicted molar refractivity (Wildman–Crippen MR) is 140 cm³/mol. The van der Waals surface area contributed by atoms with Crippen LogP contribution in [-0.4, -0.2) is 54.9 Å².